The Morgan fingerprint density at radius 2 is 1.80 bits per heavy atom. The number of carbonyl (C=O) groups excluding carboxylic acids is 1. The maximum Gasteiger partial charge on any atom is 0.240 e. The van der Waals surface area contributed by atoms with Gasteiger partial charge in [-0.05, 0) is 56.7 Å². The first kappa shape index (κ1) is 22.1. The molecule has 0 aliphatic heterocycles. The first-order chi connectivity index (χ1) is 14.2. The lowest BCUT2D eigenvalue weighted by molar-refractivity contribution is -0.116. The van der Waals surface area contributed by atoms with Crippen molar-refractivity contribution in [3.05, 3.63) is 64.3 Å². The first-order valence-corrected chi connectivity index (χ1v) is 11.6. The molecule has 1 amide bonds. The van der Waals surface area contributed by atoms with Crippen molar-refractivity contribution in [2.24, 2.45) is 0 Å². The van der Waals surface area contributed by atoms with Crippen molar-refractivity contribution in [3.63, 3.8) is 0 Å². The van der Waals surface area contributed by atoms with Gasteiger partial charge in [-0.2, -0.15) is 0 Å². The van der Waals surface area contributed by atoms with E-state index >= 15 is 0 Å². The number of nitrogens with one attached hydrogen (secondary N) is 2. The van der Waals surface area contributed by atoms with Crippen molar-refractivity contribution in [3.8, 4) is 11.3 Å². The molecule has 0 unspecified atom stereocenters. The summed E-state index contributed by atoms with van der Waals surface area (Å²) >= 11 is 1.31. The van der Waals surface area contributed by atoms with Crippen molar-refractivity contribution in [2.45, 2.75) is 32.1 Å². The third-order valence-corrected chi connectivity index (χ3v) is 6.93. The summed E-state index contributed by atoms with van der Waals surface area (Å²) in [6.45, 7) is 5.46. The van der Waals surface area contributed by atoms with Gasteiger partial charge in [0, 0.05) is 23.4 Å². The molecule has 30 heavy (non-hydrogen) atoms. The lowest BCUT2D eigenvalue weighted by Gasteiger charge is -2.09. The van der Waals surface area contributed by atoms with Crippen LogP contribution in [0, 0.1) is 26.6 Å². The summed E-state index contributed by atoms with van der Waals surface area (Å²) in [6, 6.07) is 11.1. The van der Waals surface area contributed by atoms with Crippen LogP contribution in [0.3, 0.4) is 0 Å². The lowest BCUT2D eigenvalue weighted by Crippen LogP contribution is -2.28. The summed E-state index contributed by atoms with van der Waals surface area (Å²) < 4.78 is 40.5. The summed E-state index contributed by atoms with van der Waals surface area (Å²) in [5, 5.41) is 3.10. The van der Waals surface area contributed by atoms with Gasteiger partial charge >= 0.3 is 0 Å². The molecule has 2 N–H and O–H groups in total. The number of halogens is 1. The van der Waals surface area contributed by atoms with Gasteiger partial charge in [0.2, 0.25) is 15.9 Å². The molecule has 1 heterocycles. The summed E-state index contributed by atoms with van der Waals surface area (Å²) in [4.78, 5) is 17.7. The van der Waals surface area contributed by atoms with Gasteiger partial charge in [0.1, 0.15) is 5.82 Å². The predicted molar refractivity (Wildman–Crippen MR) is 117 cm³/mol. The molecule has 0 aliphatic rings. The second-order valence-corrected chi connectivity index (χ2v) is 9.83. The van der Waals surface area contributed by atoms with E-state index in [0.717, 1.165) is 16.0 Å². The minimum Gasteiger partial charge on any atom is -0.302 e. The van der Waals surface area contributed by atoms with Gasteiger partial charge in [-0.1, -0.05) is 17.7 Å². The maximum absolute atomic E-state index is 13.1. The average molecular weight is 448 g/mol. The fourth-order valence-corrected chi connectivity index (χ4v) is 5.09. The number of hydrogen-bond donors (Lipinski definition) is 2. The first-order valence-electron chi connectivity index (χ1n) is 9.26. The van der Waals surface area contributed by atoms with Crippen LogP contribution >= 0.6 is 11.3 Å². The van der Waals surface area contributed by atoms with E-state index in [-0.39, 0.29) is 29.6 Å². The maximum atomic E-state index is 13.1. The Morgan fingerprint density at radius 1 is 1.10 bits per heavy atom. The Labute approximate surface area is 179 Å². The van der Waals surface area contributed by atoms with Gasteiger partial charge in [-0.15, -0.1) is 11.3 Å². The van der Waals surface area contributed by atoms with Gasteiger partial charge in [0.15, 0.2) is 5.13 Å². The Hall–Kier alpha value is -2.62. The summed E-state index contributed by atoms with van der Waals surface area (Å²) in [5.74, 6) is -0.679. The number of rotatable bonds is 7. The summed E-state index contributed by atoms with van der Waals surface area (Å²) in [5.41, 5.74) is 3.06. The van der Waals surface area contributed by atoms with E-state index < -0.39 is 10.0 Å². The number of thiazole rings is 1. The van der Waals surface area contributed by atoms with Crippen molar-refractivity contribution in [1.82, 2.24) is 9.71 Å². The number of sulfonamides is 1. The minimum atomic E-state index is -3.69. The number of amides is 1. The minimum absolute atomic E-state index is 0.0311. The zero-order chi connectivity index (χ0) is 21.9. The Kier molecular flexibility index (Phi) is 6.64. The predicted octanol–water partition coefficient (Wildman–Crippen LogP) is 4.18. The van der Waals surface area contributed by atoms with E-state index in [2.05, 4.69) is 15.0 Å². The summed E-state index contributed by atoms with van der Waals surface area (Å²) in [7, 11) is -3.69. The van der Waals surface area contributed by atoms with Crippen molar-refractivity contribution >= 4 is 32.4 Å². The number of carbonyl (C=O) groups is 1. The molecule has 0 radical (unpaired) electrons. The van der Waals surface area contributed by atoms with E-state index in [9.17, 15) is 17.6 Å². The standard InChI is InChI=1S/C21H22FN3O3S2/c1-13-4-9-18(14(2)12-13)30(27,28)23-11-10-19(26)24-21-25-20(15(3)29-21)16-5-7-17(22)8-6-16/h4-9,12,23H,10-11H2,1-3H3,(H,24,25,26). The van der Waals surface area contributed by atoms with Crippen LogP contribution in [-0.2, 0) is 14.8 Å². The van der Waals surface area contributed by atoms with E-state index in [1.54, 1.807) is 37.3 Å². The highest BCUT2D eigenvalue weighted by atomic mass is 32.2. The molecule has 0 saturated carbocycles. The van der Waals surface area contributed by atoms with E-state index in [4.69, 9.17) is 0 Å². The van der Waals surface area contributed by atoms with Crippen LogP contribution < -0.4 is 10.0 Å². The molecule has 6 nitrogen and oxygen atoms in total. The molecule has 0 fully saturated rings. The Bertz CT molecular complexity index is 1170. The van der Waals surface area contributed by atoms with Crippen molar-refractivity contribution < 1.29 is 17.6 Å². The number of aryl methyl sites for hydroxylation is 3. The monoisotopic (exact) mass is 447 g/mol. The third kappa shape index (κ3) is 5.29. The van der Waals surface area contributed by atoms with Crippen LogP contribution in [0.15, 0.2) is 47.4 Å². The molecule has 0 spiro atoms. The Balaban J connectivity index is 1.58. The molecule has 158 valence electrons. The second-order valence-electron chi connectivity index (χ2n) is 6.90. The molecule has 0 aliphatic carbocycles. The molecule has 0 atom stereocenters. The molecular formula is C21H22FN3O3S2. The number of nitrogens with zero attached hydrogens (tertiary/aromatic N) is 1. The van der Waals surface area contributed by atoms with Gasteiger partial charge < -0.3 is 5.32 Å². The molecule has 0 saturated heterocycles. The highest BCUT2D eigenvalue weighted by molar-refractivity contribution is 7.89. The fraction of sp³-hybridized carbons (Fsp3) is 0.238. The third-order valence-electron chi connectivity index (χ3n) is 4.42. The van der Waals surface area contributed by atoms with Crippen LogP contribution in [-0.4, -0.2) is 25.9 Å². The second kappa shape index (κ2) is 9.03. The van der Waals surface area contributed by atoms with E-state index in [1.165, 1.54) is 23.5 Å². The van der Waals surface area contributed by atoms with Gasteiger partial charge in [0.05, 0.1) is 10.6 Å². The molecule has 2 aromatic carbocycles. The number of aromatic nitrogens is 1. The van der Waals surface area contributed by atoms with Gasteiger partial charge in [-0.3, -0.25) is 4.79 Å². The van der Waals surface area contributed by atoms with E-state index in [1.807, 2.05) is 13.8 Å². The molecule has 3 aromatic rings. The topological polar surface area (TPSA) is 88.2 Å². The molecule has 1 aromatic heterocycles. The molecule has 0 bridgehead atoms. The highest BCUT2D eigenvalue weighted by Gasteiger charge is 2.17. The van der Waals surface area contributed by atoms with Gasteiger partial charge in [-0.25, -0.2) is 22.5 Å². The van der Waals surface area contributed by atoms with Crippen molar-refractivity contribution in [1.29, 1.82) is 0 Å². The normalized spacial score (nSPS) is 11.5. The molecule has 3 rings (SSSR count). The van der Waals surface area contributed by atoms with E-state index in [0.29, 0.717) is 16.4 Å². The number of hydrogen-bond acceptors (Lipinski definition) is 5. The van der Waals surface area contributed by atoms with Crippen LogP contribution in [0.5, 0.6) is 0 Å². The zero-order valence-corrected chi connectivity index (χ0v) is 18.5. The lowest BCUT2D eigenvalue weighted by atomic mass is 10.1. The Morgan fingerprint density at radius 3 is 2.47 bits per heavy atom. The highest BCUT2D eigenvalue weighted by Crippen LogP contribution is 2.30. The van der Waals surface area contributed by atoms with Crippen LogP contribution in [0.2, 0.25) is 0 Å². The number of anilines is 1. The van der Waals surface area contributed by atoms with Crippen LogP contribution in [0.4, 0.5) is 9.52 Å². The largest absolute Gasteiger partial charge is 0.302 e. The molecule has 9 heteroatoms. The zero-order valence-electron chi connectivity index (χ0n) is 16.8. The number of benzene rings is 2. The smallest absolute Gasteiger partial charge is 0.240 e. The van der Waals surface area contributed by atoms with Crippen molar-refractivity contribution in [2.75, 3.05) is 11.9 Å². The van der Waals surface area contributed by atoms with Crippen LogP contribution in [0.25, 0.3) is 11.3 Å². The quantitative estimate of drug-likeness (QED) is 0.569. The summed E-state index contributed by atoms with van der Waals surface area (Å²) in [6.07, 6.45) is -0.0331. The van der Waals surface area contributed by atoms with Crippen LogP contribution in [0.1, 0.15) is 22.4 Å². The molecular weight excluding hydrogens is 425 g/mol. The van der Waals surface area contributed by atoms with Gasteiger partial charge in [0.25, 0.3) is 0 Å². The fourth-order valence-electron chi connectivity index (χ4n) is 2.98. The SMILES string of the molecule is Cc1ccc(S(=O)(=O)NCCC(=O)Nc2nc(-c3ccc(F)cc3)c(C)s2)c(C)c1. The average Bonchev–Trinajstić information content (AvgIpc) is 3.01.